The smallest absolute Gasteiger partial charge is 0.262 e. The van der Waals surface area contributed by atoms with Crippen molar-refractivity contribution in [3.05, 3.63) is 23.8 Å². The third-order valence-corrected chi connectivity index (χ3v) is 2.35. The van der Waals surface area contributed by atoms with E-state index in [4.69, 9.17) is 14.3 Å². The van der Waals surface area contributed by atoms with E-state index in [0.29, 0.717) is 23.7 Å². The molecule has 1 aromatic carbocycles. The SMILES string of the molecule is CCONC(=O)CNC(=O)c1cc(OC)cc(OC)c1. The van der Waals surface area contributed by atoms with Crippen LogP contribution in [0.5, 0.6) is 11.5 Å². The van der Waals surface area contributed by atoms with E-state index >= 15 is 0 Å². The zero-order chi connectivity index (χ0) is 15.0. The predicted molar refractivity (Wildman–Crippen MR) is 71.6 cm³/mol. The first-order valence-electron chi connectivity index (χ1n) is 6.02. The van der Waals surface area contributed by atoms with Gasteiger partial charge in [0.2, 0.25) is 0 Å². The molecule has 0 aliphatic carbocycles. The zero-order valence-electron chi connectivity index (χ0n) is 11.7. The molecule has 0 aliphatic rings. The topological polar surface area (TPSA) is 85.9 Å². The summed E-state index contributed by atoms with van der Waals surface area (Å²) in [5.41, 5.74) is 2.52. The highest BCUT2D eigenvalue weighted by atomic mass is 16.6. The molecule has 1 rings (SSSR count). The van der Waals surface area contributed by atoms with E-state index in [9.17, 15) is 9.59 Å². The molecule has 20 heavy (non-hydrogen) atoms. The summed E-state index contributed by atoms with van der Waals surface area (Å²) in [5.74, 6) is 0.144. The van der Waals surface area contributed by atoms with Crippen LogP contribution in [-0.4, -0.2) is 39.2 Å². The molecule has 1 aromatic rings. The quantitative estimate of drug-likeness (QED) is 0.711. The Kier molecular flexibility index (Phi) is 6.31. The number of hydrogen-bond donors (Lipinski definition) is 2. The number of hydroxylamine groups is 1. The van der Waals surface area contributed by atoms with Crippen LogP contribution < -0.4 is 20.3 Å². The first-order valence-corrected chi connectivity index (χ1v) is 6.02. The Bertz CT molecular complexity index is 454. The lowest BCUT2D eigenvalue weighted by Gasteiger charge is -2.09. The van der Waals surface area contributed by atoms with Gasteiger partial charge in [0.05, 0.1) is 27.4 Å². The molecule has 0 saturated carbocycles. The van der Waals surface area contributed by atoms with Gasteiger partial charge in [0, 0.05) is 11.6 Å². The van der Waals surface area contributed by atoms with Gasteiger partial charge >= 0.3 is 0 Å². The number of ether oxygens (including phenoxy) is 2. The molecule has 0 saturated heterocycles. The summed E-state index contributed by atoms with van der Waals surface area (Å²) in [6.45, 7) is 1.91. The fourth-order valence-corrected chi connectivity index (χ4v) is 1.39. The van der Waals surface area contributed by atoms with Crippen LogP contribution in [0.2, 0.25) is 0 Å². The number of benzene rings is 1. The molecule has 0 atom stereocenters. The minimum absolute atomic E-state index is 0.182. The maximum Gasteiger partial charge on any atom is 0.262 e. The number of hydrogen-bond acceptors (Lipinski definition) is 5. The highest BCUT2D eigenvalue weighted by Gasteiger charge is 2.11. The molecule has 110 valence electrons. The fraction of sp³-hybridized carbons (Fsp3) is 0.385. The Hall–Kier alpha value is -2.28. The lowest BCUT2D eigenvalue weighted by atomic mass is 10.2. The van der Waals surface area contributed by atoms with Crippen molar-refractivity contribution in [1.82, 2.24) is 10.8 Å². The summed E-state index contributed by atoms with van der Waals surface area (Å²) in [6.07, 6.45) is 0. The number of carbonyl (C=O) groups is 2. The first-order chi connectivity index (χ1) is 9.60. The molecule has 2 amide bonds. The average molecular weight is 282 g/mol. The van der Waals surface area contributed by atoms with E-state index in [2.05, 4.69) is 10.8 Å². The van der Waals surface area contributed by atoms with Crippen molar-refractivity contribution in [1.29, 1.82) is 0 Å². The number of rotatable bonds is 7. The number of nitrogens with one attached hydrogen (secondary N) is 2. The van der Waals surface area contributed by atoms with Gasteiger partial charge in [-0.3, -0.25) is 14.4 Å². The van der Waals surface area contributed by atoms with Gasteiger partial charge in [0.25, 0.3) is 11.8 Å². The third kappa shape index (κ3) is 4.77. The molecular weight excluding hydrogens is 264 g/mol. The molecule has 7 heteroatoms. The van der Waals surface area contributed by atoms with Gasteiger partial charge < -0.3 is 14.8 Å². The molecular formula is C13H18N2O5. The van der Waals surface area contributed by atoms with Crippen molar-refractivity contribution in [3.8, 4) is 11.5 Å². The number of amides is 2. The van der Waals surface area contributed by atoms with Crippen LogP contribution >= 0.6 is 0 Å². The van der Waals surface area contributed by atoms with Crippen molar-refractivity contribution in [2.45, 2.75) is 6.92 Å². The van der Waals surface area contributed by atoms with Crippen LogP contribution in [0, 0.1) is 0 Å². The second kappa shape index (κ2) is 8.00. The molecule has 0 fully saturated rings. The minimum Gasteiger partial charge on any atom is -0.497 e. The number of carbonyl (C=O) groups excluding carboxylic acids is 2. The summed E-state index contributed by atoms with van der Waals surface area (Å²) < 4.78 is 10.1. The summed E-state index contributed by atoms with van der Waals surface area (Å²) in [4.78, 5) is 27.9. The highest BCUT2D eigenvalue weighted by molar-refractivity contribution is 5.97. The highest BCUT2D eigenvalue weighted by Crippen LogP contribution is 2.22. The van der Waals surface area contributed by atoms with E-state index in [1.807, 2.05) is 0 Å². The van der Waals surface area contributed by atoms with Crippen LogP contribution in [0.4, 0.5) is 0 Å². The third-order valence-electron chi connectivity index (χ3n) is 2.35. The van der Waals surface area contributed by atoms with Crippen molar-refractivity contribution in [3.63, 3.8) is 0 Å². The lowest BCUT2D eigenvalue weighted by molar-refractivity contribution is -0.132. The second-order valence-electron chi connectivity index (χ2n) is 3.74. The molecule has 0 heterocycles. The Morgan fingerprint density at radius 2 is 1.70 bits per heavy atom. The predicted octanol–water partition coefficient (Wildman–Crippen LogP) is 0.501. The van der Waals surface area contributed by atoms with E-state index in [1.54, 1.807) is 25.1 Å². The van der Waals surface area contributed by atoms with Gasteiger partial charge in [-0.2, -0.15) is 0 Å². The van der Waals surface area contributed by atoms with E-state index in [1.165, 1.54) is 14.2 Å². The fourth-order valence-electron chi connectivity index (χ4n) is 1.39. The largest absolute Gasteiger partial charge is 0.497 e. The maximum atomic E-state index is 11.9. The van der Waals surface area contributed by atoms with Gasteiger partial charge in [-0.25, -0.2) is 5.48 Å². The maximum absolute atomic E-state index is 11.9. The number of methoxy groups -OCH3 is 2. The molecule has 0 bridgehead atoms. The molecule has 7 nitrogen and oxygen atoms in total. The van der Waals surface area contributed by atoms with Crippen molar-refractivity contribution >= 4 is 11.8 Å². The second-order valence-corrected chi connectivity index (χ2v) is 3.74. The van der Waals surface area contributed by atoms with Crippen LogP contribution in [0.15, 0.2) is 18.2 Å². The summed E-state index contributed by atoms with van der Waals surface area (Å²) in [6, 6.07) is 4.76. The monoisotopic (exact) mass is 282 g/mol. The summed E-state index contributed by atoms with van der Waals surface area (Å²) in [7, 11) is 2.98. The van der Waals surface area contributed by atoms with Gasteiger partial charge in [0.1, 0.15) is 11.5 Å². The van der Waals surface area contributed by atoms with E-state index < -0.39 is 11.8 Å². The van der Waals surface area contributed by atoms with Gasteiger partial charge in [-0.05, 0) is 19.1 Å². The van der Waals surface area contributed by atoms with Crippen molar-refractivity contribution < 1.29 is 23.9 Å². The average Bonchev–Trinajstić information content (AvgIpc) is 2.49. The zero-order valence-corrected chi connectivity index (χ0v) is 11.7. The molecule has 0 unspecified atom stereocenters. The summed E-state index contributed by atoms with van der Waals surface area (Å²) in [5, 5.41) is 2.47. The first kappa shape index (κ1) is 15.8. The Morgan fingerprint density at radius 1 is 1.10 bits per heavy atom. The van der Waals surface area contributed by atoms with Crippen LogP contribution in [0.25, 0.3) is 0 Å². The van der Waals surface area contributed by atoms with Crippen LogP contribution in [0.3, 0.4) is 0 Å². The molecule has 0 aromatic heterocycles. The van der Waals surface area contributed by atoms with Crippen molar-refractivity contribution in [2.24, 2.45) is 0 Å². The molecule has 2 N–H and O–H groups in total. The Balaban J connectivity index is 2.65. The molecule has 0 radical (unpaired) electrons. The Labute approximate surface area is 117 Å². The molecule has 0 spiro atoms. The normalized spacial score (nSPS) is 9.75. The van der Waals surface area contributed by atoms with E-state index in [-0.39, 0.29) is 6.54 Å². The minimum atomic E-state index is -0.435. The van der Waals surface area contributed by atoms with Crippen LogP contribution in [0.1, 0.15) is 17.3 Å². The molecule has 0 aliphatic heterocycles. The van der Waals surface area contributed by atoms with Gasteiger partial charge in [0.15, 0.2) is 0 Å². The standard InChI is InChI=1S/C13H18N2O5/c1-4-20-15-12(16)8-14-13(17)9-5-10(18-2)7-11(6-9)19-3/h5-7H,4,8H2,1-3H3,(H,14,17)(H,15,16). The van der Waals surface area contributed by atoms with Gasteiger partial charge in [-0.15, -0.1) is 0 Å². The van der Waals surface area contributed by atoms with E-state index in [0.717, 1.165) is 0 Å². The van der Waals surface area contributed by atoms with Crippen LogP contribution in [-0.2, 0) is 9.63 Å². The summed E-state index contributed by atoms with van der Waals surface area (Å²) >= 11 is 0. The van der Waals surface area contributed by atoms with Gasteiger partial charge in [-0.1, -0.05) is 0 Å². The Morgan fingerprint density at radius 3 is 2.20 bits per heavy atom. The van der Waals surface area contributed by atoms with Crippen molar-refractivity contribution in [2.75, 3.05) is 27.4 Å². The lowest BCUT2D eigenvalue weighted by Crippen LogP contribution is -2.36.